The molecular weight excluding hydrogens is 274 g/mol. The molecule has 0 saturated carbocycles. The quantitative estimate of drug-likeness (QED) is 0.683. The number of thiazole rings is 1. The summed E-state index contributed by atoms with van der Waals surface area (Å²) >= 11 is 7.36. The van der Waals surface area contributed by atoms with Crippen LogP contribution < -0.4 is 5.32 Å². The number of hydrogen-bond donors (Lipinski definition) is 1. The van der Waals surface area contributed by atoms with Gasteiger partial charge in [-0.1, -0.05) is 11.6 Å². The molecule has 7 heteroatoms. The smallest absolute Gasteiger partial charge is 0.288 e. The second-order valence-electron chi connectivity index (χ2n) is 3.70. The molecule has 0 radical (unpaired) electrons. The van der Waals surface area contributed by atoms with Gasteiger partial charge in [-0.05, 0) is 19.1 Å². The average Bonchev–Trinajstić information content (AvgIpc) is 2.81. The lowest BCUT2D eigenvalue weighted by molar-refractivity contribution is -0.384. The van der Waals surface area contributed by atoms with E-state index in [1.165, 1.54) is 17.4 Å². The van der Waals surface area contributed by atoms with Gasteiger partial charge in [-0.3, -0.25) is 10.1 Å². The lowest BCUT2D eigenvalue weighted by Gasteiger charge is -2.13. The molecule has 1 atom stereocenters. The number of anilines is 1. The first-order chi connectivity index (χ1) is 8.58. The number of nitro groups is 1. The summed E-state index contributed by atoms with van der Waals surface area (Å²) in [4.78, 5) is 14.3. The zero-order valence-electron chi connectivity index (χ0n) is 9.46. The lowest BCUT2D eigenvalue weighted by atomic mass is 10.2. The SMILES string of the molecule is CC(Nc1ccc([N+](=O)[O-])c(Cl)c1)c1cscn1. The first kappa shape index (κ1) is 12.8. The number of halogens is 1. The van der Waals surface area contributed by atoms with Crippen LogP contribution in [0.5, 0.6) is 0 Å². The Hall–Kier alpha value is -1.66. The van der Waals surface area contributed by atoms with Crippen LogP contribution in [0.2, 0.25) is 5.02 Å². The zero-order valence-corrected chi connectivity index (χ0v) is 11.0. The number of hydrogen-bond acceptors (Lipinski definition) is 5. The van der Waals surface area contributed by atoms with Gasteiger partial charge in [0.2, 0.25) is 0 Å². The Morgan fingerprint density at radius 1 is 1.56 bits per heavy atom. The van der Waals surface area contributed by atoms with Gasteiger partial charge in [0.05, 0.1) is 22.2 Å². The van der Waals surface area contributed by atoms with Gasteiger partial charge in [0.1, 0.15) is 5.02 Å². The number of nitro benzene ring substituents is 1. The van der Waals surface area contributed by atoms with E-state index in [0.717, 1.165) is 11.4 Å². The molecule has 0 saturated heterocycles. The highest BCUT2D eigenvalue weighted by Gasteiger charge is 2.13. The average molecular weight is 284 g/mol. The zero-order chi connectivity index (χ0) is 13.1. The normalized spacial score (nSPS) is 12.1. The van der Waals surface area contributed by atoms with E-state index >= 15 is 0 Å². The minimum atomic E-state index is -0.504. The molecule has 18 heavy (non-hydrogen) atoms. The van der Waals surface area contributed by atoms with Crippen molar-refractivity contribution >= 4 is 34.3 Å². The summed E-state index contributed by atoms with van der Waals surface area (Å²) in [7, 11) is 0. The van der Waals surface area contributed by atoms with E-state index in [-0.39, 0.29) is 16.8 Å². The van der Waals surface area contributed by atoms with E-state index in [4.69, 9.17) is 11.6 Å². The molecule has 2 rings (SSSR count). The maximum atomic E-state index is 10.6. The molecule has 1 aromatic heterocycles. The number of rotatable bonds is 4. The Labute approximate surface area is 113 Å². The van der Waals surface area contributed by atoms with Crippen molar-refractivity contribution in [2.75, 3.05) is 5.32 Å². The largest absolute Gasteiger partial charge is 0.377 e. The van der Waals surface area contributed by atoms with Crippen molar-refractivity contribution in [3.8, 4) is 0 Å². The van der Waals surface area contributed by atoms with Crippen LogP contribution in [-0.4, -0.2) is 9.91 Å². The molecule has 1 heterocycles. The van der Waals surface area contributed by atoms with Crippen molar-refractivity contribution in [3.05, 3.63) is 49.9 Å². The third kappa shape index (κ3) is 2.77. The van der Waals surface area contributed by atoms with E-state index in [1.54, 1.807) is 17.6 Å². The van der Waals surface area contributed by atoms with Gasteiger partial charge in [0, 0.05) is 17.1 Å². The van der Waals surface area contributed by atoms with E-state index in [2.05, 4.69) is 10.3 Å². The summed E-state index contributed by atoms with van der Waals surface area (Å²) < 4.78 is 0. The van der Waals surface area contributed by atoms with Crippen LogP contribution in [0.4, 0.5) is 11.4 Å². The molecule has 1 N–H and O–H groups in total. The molecule has 0 aliphatic rings. The highest BCUT2D eigenvalue weighted by molar-refractivity contribution is 7.07. The Bertz CT molecular complexity index is 559. The minimum absolute atomic E-state index is 0.0220. The van der Waals surface area contributed by atoms with Crippen molar-refractivity contribution in [3.63, 3.8) is 0 Å². The van der Waals surface area contributed by atoms with Gasteiger partial charge < -0.3 is 5.32 Å². The maximum absolute atomic E-state index is 10.6. The van der Waals surface area contributed by atoms with Crippen LogP contribution >= 0.6 is 22.9 Å². The summed E-state index contributed by atoms with van der Waals surface area (Å²) in [5.74, 6) is 0. The predicted octanol–water partition coefficient (Wildman–Crippen LogP) is 3.88. The van der Waals surface area contributed by atoms with Crippen molar-refractivity contribution in [2.45, 2.75) is 13.0 Å². The lowest BCUT2D eigenvalue weighted by Crippen LogP contribution is -2.06. The highest BCUT2D eigenvalue weighted by atomic mass is 35.5. The van der Waals surface area contributed by atoms with Crippen LogP contribution in [0.25, 0.3) is 0 Å². The van der Waals surface area contributed by atoms with Crippen molar-refractivity contribution in [1.29, 1.82) is 0 Å². The maximum Gasteiger partial charge on any atom is 0.288 e. The Balaban J connectivity index is 2.15. The number of nitrogens with one attached hydrogen (secondary N) is 1. The predicted molar refractivity (Wildman–Crippen MR) is 72.3 cm³/mol. The molecule has 1 aromatic carbocycles. The molecule has 0 fully saturated rings. The van der Waals surface area contributed by atoms with Crippen molar-refractivity contribution in [2.24, 2.45) is 0 Å². The molecule has 0 spiro atoms. The molecule has 1 unspecified atom stereocenters. The molecule has 0 aliphatic carbocycles. The van der Waals surface area contributed by atoms with Gasteiger partial charge >= 0.3 is 0 Å². The van der Waals surface area contributed by atoms with Crippen molar-refractivity contribution in [1.82, 2.24) is 4.98 Å². The topological polar surface area (TPSA) is 68.1 Å². The standard InChI is InChI=1S/C11H10ClN3O2S/c1-7(10-5-18-6-13-10)14-8-2-3-11(15(16)17)9(12)4-8/h2-7,14H,1H3. The third-order valence-corrected chi connectivity index (χ3v) is 3.33. The Morgan fingerprint density at radius 2 is 2.33 bits per heavy atom. The number of nitrogens with zero attached hydrogens (tertiary/aromatic N) is 2. The van der Waals surface area contributed by atoms with E-state index in [9.17, 15) is 10.1 Å². The van der Waals surface area contributed by atoms with Crippen LogP contribution in [0.3, 0.4) is 0 Å². The van der Waals surface area contributed by atoms with Crippen LogP contribution in [-0.2, 0) is 0 Å². The molecule has 0 aliphatic heterocycles. The second kappa shape index (κ2) is 5.32. The van der Waals surface area contributed by atoms with Gasteiger partial charge in [0.25, 0.3) is 5.69 Å². The molecule has 0 bridgehead atoms. The van der Waals surface area contributed by atoms with Crippen LogP contribution in [0.15, 0.2) is 29.1 Å². The van der Waals surface area contributed by atoms with Gasteiger partial charge in [-0.2, -0.15) is 0 Å². The number of benzene rings is 1. The molecular formula is C11H10ClN3O2S. The first-order valence-corrected chi connectivity index (χ1v) is 6.48. The van der Waals surface area contributed by atoms with Gasteiger partial charge in [-0.25, -0.2) is 4.98 Å². The van der Waals surface area contributed by atoms with Gasteiger partial charge in [-0.15, -0.1) is 11.3 Å². The molecule has 2 aromatic rings. The second-order valence-corrected chi connectivity index (χ2v) is 4.83. The van der Waals surface area contributed by atoms with Crippen LogP contribution in [0, 0.1) is 10.1 Å². The van der Waals surface area contributed by atoms with E-state index in [0.29, 0.717) is 0 Å². The number of aromatic nitrogens is 1. The van der Waals surface area contributed by atoms with Crippen LogP contribution in [0.1, 0.15) is 18.7 Å². The minimum Gasteiger partial charge on any atom is -0.377 e. The summed E-state index contributed by atoms with van der Waals surface area (Å²) in [6.45, 7) is 1.96. The fraction of sp³-hybridized carbons (Fsp3) is 0.182. The third-order valence-electron chi connectivity index (χ3n) is 2.42. The molecule has 0 amide bonds. The van der Waals surface area contributed by atoms with Crippen molar-refractivity contribution < 1.29 is 4.92 Å². The van der Waals surface area contributed by atoms with E-state index < -0.39 is 4.92 Å². The Morgan fingerprint density at radius 3 is 2.89 bits per heavy atom. The highest BCUT2D eigenvalue weighted by Crippen LogP contribution is 2.29. The summed E-state index contributed by atoms with van der Waals surface area (Å²) in [6.07, 6.45) is 0. The monoisotopic (exact) mass is 283 g/mol. The summed E-state index contributed by atoms with van der Waals surface area (Å²) in [6, 6.07) is 4.59. The summed E-state index contributed by atoms with van der Waals surface area (Å²) in [5, 5.41) is 15.9. The molecule has 5 nitrogen and oxygen atoms in total. The van der Waals surface area contributed by atoms with Gasteiger partial charge in [0.15, 0.2) is 0 Å². The Kier molecular flexibility index (Phi) is 3.78. The fourth-order valence-electron chi connectivity index (χ4n) is 1.50. The van der Waals surface area contributed by atoms with E-state index in [1.807, 2.05) is 12.3 Å². The summed E-state index contributed by atoms with van der Waals surface area (Å²) in [5.41, 5.74) is 3.32. The first-order valence-electron chi connectivity index (χ1n) is 5.16. The fourth-order valence-corrected chi connectivity index (χ4v) is 2.40. The molecule has 94 valence electrons.